The smallest absolute Gasteiger partial charge is 0.161 e. The maximum atomic E-state index is 5.88. The number of halogens is 1. The Kier molecular flexibility index (Phi) is 4.76. The van der Waals surface area contributed by atoms with Crippen LogP contribution in [0.15, 0.2) is 48.7 Å². The van der Waals surface area contributed by atoms with E-state index in [0.29, 0.717) is 24.8 Å². The third kappa shape index (κ3) is 3.89. The molecule has 1 aromatic heterocycles. The Morgan fingerprint density at radius 2 is 1.84 bits per heavy atom. The molecule has 0 saturated carbocycles. The van der Waals surface area contributed by atoms with Crippen molar-refractivity contribution in [2.75, 3.05) is 13.2 Å². The zero-order valence-corrected chi connectivity index (χ0v) is 15.0. The molecule has 0 fully saturated rings. The number of rotatable bonds is 4. The van der Waals surface area contributed by atoms with Crippen molar-refractivity contribution in [3.05, 3.63) is 58.7 Å². The SMILES string of the molecule is Clc1ccc(OCc2ncc(-c3ccc4c(c3)OCCCO4)s2)cc1. The van der Waals surface area contributed by atoms with E-state index in [0.717, 1.165) is 39.1 Å². The lowest BCUT2D eigenvalue weighted by molar-refractivity contribution is 0.297. The van der Waals surface area contributed by atoms with Crippen LogP contribution in [0.2, 0.25) is 5.02 Å². The highest BCUT2D eigenvalue weighted by Gasteiger charge is 2.13. The molecule has 6 heteroatoms. The van der Waals surface area contributed by atoms with Gasteiger partial charge in [-0.1, -0.05) is 11.6 Å². The number of aromatic nitrogens is 1. The van der Waals surface area contributed by atoms with Gasteiger partial charge in [0.1, 0.15) is 17.4 Å². The minimum atomic E-state index is 0.427. The van der Waals surface area contributed by atoms with Gasteiger partial charge in [0.25, 0.3) is 0 Å². The Morgan fingerprint density at radius 1 is 1.04 bits per heavy atom. The van der Waals surface area contributed by atoms with Gasteiger partial charge in [-0.2, -0.15) is 0 Å². The van der Waals surface area contributed by atoms with Gasteiger partial charge in [-0.3, -0.25) is 0 Å². The molecule has 1 aliphatic rings. The van der Waals surface area contributed by atoms with Crippen LogP contribution in [-0.2, 0) is 6.61 Å². The van der Waals surface area contributed by atoms with Crippen molar-refractivity contribution < 1.29 is 14.2 Å². The molecule has 2 aromatic carbocycles. The van der Waals surface area contributed by atoms with Crippen LogP contribution >= 0.6 is 22.9 Å². The van der Waals surface area contributed by atoms with E-state index in [-0.39, 0.29) is 0 Å². The summed E-state index contributed by atoms with van der Waals surface area (Å²) in [7, 11) is 0. The summed E-state index contributed by atoms with van der Waals surface area (Å²) in [5.41, 5.74) is 1.07. The van der Waals surface area contributed by atoms with E-state index in [9.17, 15) is 0 Å². The van der Waals surface area contributed by atoms with Gasteiger partial charge in [0.2, 0.25) is 0 Å². The van der Waals surface area contributed by atoms with Gasteiger partial charge in [-0.05, 0) is 48.0 Å². The van der Waals surface area contributed by atoms with Crippen molar-refractivity contribution in [2.45, 2.75) is 13.0 Å². The normalized spacial score (nSPS) is 13.3. The maximum Gasteiger partial charge on any atom is 0.161 e. The minimum absolute atomic E-state index is 0.427. The van der Waals surface area contributed by atoms with Crippen LogP contribution in [0.3, 0.4) is 0 Å². The van der Waals surface area contributed by atoms with Gasteiger partial charge in [0.15, 0.2) is 11.5 Å². The van der Waals surface area contributed by atoms with Crippen LogP contribution in [0.1, 0.15) is 11.4 Å². The first-order valence-electron chi connectivity index (χ1n) is 8.01. The Hall–Kier alpha value is -2.24. The average molecular weight is 374 g/mol. The molecule has 25 heavy (non-hydrogen) atoms. The van der Waals surface area contributed by atoms with Crippen LogP contribution in [-0.4, -0.2) is 18.2 Å². The number of thiazole rings is 1. The van der Waals surface area contributed by atoms with E-state index in [2.05, 4.69) is 4.98 Å². The lowest BCUT2D eigenvalue weighted by atomic mass is 10.2. The van der Waals surface area contributed by atoms with Crippen LogP contribution in [0.25, 0.3) is 10.4 Å². The van der Waals surface area contributed by atoms with E-state index in [1.807, 2.05) is 48.7 Å². The molecular weight excluding hydrogens is 358 g/mol. The highest BCUT2D eigenvalue weighted by molar-refractivity contribution is 7.15. The van der Waals surface area contributed by atoms with Crippen LogP contribution in [0, 0.1) is 0 Å². The highest BCUT2D eigenvalue weighted by atomic mass is 35.5. The van der Waals surface area contributed by atoms with Gasteiger partial charge in [-0.15, -0.1) is 11.3 Å². The standard InChI is InChI=1S/C19H16ClNO3S/c20-14-3-5-15(6-4-14)24-12-19-21-11-18(25-19)13-2-7-16-17(10-13)23-9-1-8-22-16/h2-7,10-11H,1,8-9,12H2. The maximum absolute atomic E-state index is 5.88. The first-order valence-corrected chi connectivity index (χ1v) is 9.20. The topological polar surface area (TPSA) is 40.6 Å². The molecule has 0 atom stereocenters. The molecule has 0 amide bonds. The summed E-state index contributed by atoms with van der Waals surface area (Å²) in [6.45, 7) is 1.80. The number of hydrogen-bond donors (Lipinski definition) is 0. The summed E-state index contributed by atoms with van der Waals surface area (Å²) in [5, 5.41) is 1.61. The van der Waals surface area contributed by atoms with Crippen molar-refractivity contribution in [1.29, 1.82) is 0 Å². The quantitative estimate of drug-likeness (QED) is 0.630. The molecule has 0 bridgehead atoms. The minimum Gasteiger partial charge on any atom is -0.490 e. The number of hydrogen-bond acceptors (Lipinski definition) is 5. The van der Waals surface area contributed by atoms with Gasteiger partial charge < -0.3 is 14.2 Å². The predicted octanol–water partition coefficient (Wildman–Crippen LogP) is 5.20. The van der Waals surface area contributed by atoms with Crippen molar-refractivity contribution in [3.63, 3.8) is 0 Å². The van der Waals surface area contributed by atoms with E-state index >= 15 is 0 Å². The average Bonchev–Trinajstić information content (AvgIpc) is 2.98. The Balaban J connectivity index is 1.47. The fourth-order valence-electron chi connectivity index (χ4n) is 2.50. The molecule has 3 aromatic rings. The molecule has 0 saturated heterocycles. The molecule has 0 unspecified atom stereocenters. The molecule has 0 spiro atoms. The largest absolute Gasteiger partial charge is 0.490 e. The molecule has 0 radical (unpaired) electrons. The van der Waals surface area contributed by atoms with Gasteiger partial charge in [-0.25, -0.2) is 4.98 Å². The fourth-order valence-corrected chi connectivity index (χ4v) is 3.46. The van der Waals surface area contributed by atoms with Crippen molar-refractivity contribution in [2.24, 2.45) is 0 Å². The summed E-state index contributed by atoms with van der Waals surface area (Å²) in [4.78, 5) is 5.53. The Labute approximate surface area is 155 Å². The number of nitrogens with zero attached hydrogens (tertiary/aromatic N) is 1. The highest BCUT2D eigenvalue weighted by Crippen LogP contribution is 2.36. The molecule has 4 nitrogen and oxygen atoms in total. The second-order valence-electron chi connectivity index (χ2n) is 5.57. The van der Waals surface area contributed by atoms with E-state index < -0.39 is 0 Å². The molecule has 4 rings (SSSR count). The third-order valence-electron chi connectivity index (χ3n) is 3.76. The number of ether oxygens (including phenoxy) is 3. The molecule has 1 aliphatic heterocycles. The first kappa shape index (κ1) is 16.2. The zero-order chi connectivity index (χ0) is 17.1. The summed E-state index contributed by atoms with van der Waals surface area (Å²) >= 11 is 7.48. The second kappa shape index (κ2) is 7.33. The van der Waals surface area contributed by atoms with Crippen molar-refractivity contribution in [1.82, 2.24) is 4.98 Å². The molecule has 0 aliphatic carbocycles. The Bertz CT molecular complexity index is 863. The molecule has 128 valence electrons. The second-order valence-corrected chi connectivity index (χ2v) is 7.12. The van der Waals surface area contributed by atoms with Gasteiger partial charge in [0.05, 0.1) is 18.1 Å². The van der Waals surface area contributed by atoms with Gasteiger partial charge in [0, 0.05) is 17.6 Å². The van der Waals surface area contributed by atoms with Crippen molar-refractivity contribution in [3.8, 4) is 27.7 Å². The summed E-state index contributed by atoms with van der Waals surface area (Å²) in [5.74, 6) is 2.37. The van der Waals surface area contributed by atoms with E-state index in [4.69, 9.17) is 25.8 Å². The van der Waals surface area contributed by atoms with Crippen molar-refractivity contribution >= 4 is 22.9 Å². The van der Waals surface area contributed by atoms with Crippen LogP contribution in [0.4, 0.5) is 0 Å². The molecular formula is C19H16ClNO3S. The number of fused-ring (bicyclic) bond motifs is 1. The monoisotopic (exact) mass is 373 g/mol. The predicted molar refractivity (Wildman–Crippen MR) is 98.9 cm³/mol. The lowest BCUT2D eigenvalue weighted by Gasteiger charge is -2.08. The van der Waals surface area contributed by atoms with E-state index in [1.54, 1.807) is 11.3 Å². The summed E-state index contributed by atoms with van der Waals surface area (Å²) < 4.78 is 17.2. The van der Waals surface area contributed by atoms with E-state index in [1.165, 1.54) is 0 Å². The summed E-state index contributed by atoms with van der Waals surface area (Å²) in [6, 6.07) is 13.3. The Morgan fingerprint density at radius 3 is 2.68 bits per heavy atom. The third-order valence-corrected chi connectivity index (χ3v) is 5.03. The fraction of sp³-hybridized carbons (Fsp3) is 0.211. The van der Waals surface area contributed by atoms with Crippen LogP contribution in [0.5, 0.6) is 17.2 Å². The first-order chi connectivity index (χ1) is 12.3. The zero-order valence-electron chi connectivity index (χ0n) is 13.4. The lowest BCUT2D eigenvalue weighted by Crippen LogP contribution is -1.97. The van der Waals surface area contributed by atoms with Gasteiger partial charge >= 0.3 is 0 Å². The number of benzene rings is 2. The summed E-state index contributed by atoms with van der Waals surface area (Å²) in [6.07, 6.45) is 2.77. The molecule has 2 heterocycles. The van der Waals surface area contributed by atoms with Crippen LogP contribution < -0.4 is 14.2 Å². The molecule has 0 N–H and O–H groups in total.